The minimum Gasteiger partial charge on any atom is -0.338 e. The van der Waals surface area contributed by atoms with Gasteiger partial charge in [0.05, 0.1) is 39.3 Å². The lowest BCUT2D eigenvalue weighted by molar-refractivity contribution is -0.857. The van der Waals surface area contributed by atoms with Gasteiger partial charge in [0.2, 0.25) is 0 Å². The van der Waals surface area contributed by atoms with Crippen molar-refractivity contribution < 1.29 is 18.1 Å². The van der Waals surface area contributed by atoms with Crippen LogP contribution in [0.15, 0.2) is 41.8 Å². The number of thiocarbonyl (C=S) groups is 1. The molecule has 0 spiro atoms. The Labute approximate surface area is 155 Å². The van der Waals surface area contributed by atoms with Crippen LogP contribution in [0.3, 0.4) is 0 Å². The molecule has 3 nitrogen and oxygen atoms in total. The third-order valence-corrected chi connectivity index (χ3v) is 4.76. The molecule has 0 amide bonds. The molecule has 0 aliphatic carbocycles. The molecule has 0 unspecified atom stereocenters. The van der Waals surface area contributed by atoms with Crippen LogP contribution in [0.4, 0.5) is 18.9 Å². The number of quaternary nitrogens is 1. The summed E-state index contributed by atoms with van der Waals surface area (Å²) in [5.74, 6) is 0. The van der Waals surface area contributed by atoms with Crippen molar-refractivity contribution in [2.75, 3.05) is 32.5 Å². The van der Waals surface area contributed by atoms with E-state index in [1.807, 2.05) is 36.5 Å². The lowest BCUT2D eigenvalue weighted by Gasteiger charge is -2.26. The largest absolute Gasteiger partial charge is 0.416 e. The van der Waals surface area contributed by atoms with E-state index in [9.17, 15) is 13.2 Å². The molecule has 0 saturated heterocycles. The average Bonchev–Trinajstić information content (AvgIpc) is 3.03. The molecule has 0 fully saturated rings. The van der Waals surface area contributed by atoms with E-state index in [2.05, 4.69) is 5.32 Å². The second kappa shape index (κ2) is 8.64. The van der Waals surface area contributed by atoms with Crippen LogP contribution >= 0.6 is 23.6 Å². The van der Waals surface area contributed by atoms with E-state index in [0.29, 0.717) is 23.9 Å². The minimum atomic E-state index is -4.37. The Hall–Kier alpha value is -1.64. The van der Waals surface area contributed by atoms with Gasteiger partial charge in [-0.2, -0.15) is 13.2 Å². The van der Waals surface area contributed by atoms with Gasteiger partial charge in [-0.15, -0.1) is 11.3 Å². The molecule has 0 atom stereocenters. The molecule has 136 valence electrons. The summed E-state index contributed by atoms with van der Waals surface area (Å²) in [6.07, 6.45) is -4.37. The van der Waals surface area contributed by atoms with Gasteiger partial charge in [-0.1, -0.05) is 12.1 Å². The third kappa shape index (κ3) is 6.30. The highest BCUT2D eigenvalue weighted by molar-refractivity contribution is 7.80. The Morgan fingerprint density at radius 3 is 2.60 bits per heavy atom. The summed E-state index contributed by atoms with van der Waals surface area (Å²) < 4.78 is 38.6. The zero-order chi connectivity index (χ0) is 18.4. The summed E-state index contributed by atoms with van der Waals surface area (Å²) >= 11 is 7.08. The Bertz CT molecular complexity index is 685. The van der Waals surface area contributed by atoms with Gasteiger partial charge in [-0.05, 0) is 41.9 Å². The molecule has 8 heteroatoms. The van der Waals surface area contributed by atoms with E-state index in [0.717, 1.165) is 23.6 Å². The van der Waals surface area contributed by atoms with Gasteiger partial charge in [0, 0.05) is 10.6 Å². The Kier molecular flexibility index (Phi) is 6.80. The molecule has 2 rings (SSSR count). The van der Waals surface area contributed by atoms with Crippen molar-refractivity contribution in [2.45, 2.75) is 12.7 Å². The summed E-state index contributed by atoms with van der Waals surface area (Å²) in [7, 11) is 4.10. The molecule has 0 bridgehead atoms. The van der Waals surface area contributed by atoms with Crippen molar-refractivity contribution in [3.8, 4) is 0 Å². The van der Waals surface area contributed by atoms with E-state index < -0.39 is 11.7 Å². The maximum absolute atomic E-state index is 12.9. The summed E-state index contributed by atoms with van der Waals surface area (Å²) in [4.78, 5) is 4.41. The van der Waals surface area contributed by atoms with Crippen LogP contribution in [-0.4, -0.2) is 37.2 Å². The first-order valence-corrected chi connectivity index (χ1v) is 9.09. The normalized spacial score (nSPS) is 11.6. The van der Waals surface area contributed by atoms with Gasteiger partial charge in [0.1, 0.15) is 0 Å². The number of rotatable bonds is 6. The highest BCUT2D eigenvalue weighted by atomic mass is 32.1. The van der Waals surface area contributed by atoms with Crippen molar-refractivity contribution in [2.24, 2.45) is 0 Å². The number of nitrogens with one attached hydrogen (secondary N) is 2. The molecule has 1 aromatic carbocycles. The number of halogens is 3. The lowest BCUT2D eigenvalue weighted by Crippen LogP contribution is -3.06. The van der Waals surface area contributed by atoms with Crippen molar-refractivity contribution >= 4 is 34.4 Å². The molecule has 25 heavy (non-hydrogen) atoms. The zero-order valence-electron chi connectivity index (χ0n) is 14.1. The molecular formula is C17H21F3N3S2+. The number of benzene rings is 1. The van der Waals surface area contributed by atoms with Gasteiger partial charge in [0.15, 0.2) is 5.11 Å². The smallest absolute Gasteiger partial charge is 0.338 e. The maximum Gasteiger partial charge on any atom is 0.416 e. The monoisotopic (exact) mass is 388 g/mol. The fraction of sp³-hybridized carbons (Fsp3) is 0.353. The first-order chi connectivity index (χ1) is 11.8. The number of nitrogens with zero attached hydrogens (tertiary/aromatic N) is 1. The predicted octanol–water partition coefficient (Wildman–Crippen LogP) is 3.11. The number of alkyl halides is 3. The van der Waals surface area contributed by atoms with Gasteiger partial charge >= 0.3 is 6.18 Å². The molecule has 1 aromatic heterocycles. The first kappa shape index (κ1) is 19.7. The second-order valence-corrected chi connectivity index (χ2v) is 7.39. The Morgan fingerprint density at radius 2 is 2.00 bits per heavy atom. The SMILES string of the molecule is C[NH+](C)CCN(Cc1cccs1)C(=S)Nc1cccc(C(F)(F)F)c1. The number of thiophene rings is 1. The molecule has 0 saturated carbocycles. The Balaban J connectivity index is 2.10. The van der Waals surface area contributed by atoms with Crippen LogP contribution in [0.1, 0.15) is 10.4 Å². The molecule has 0 aliphatic heterocycles. The van der Waals surface area contributed by atoms with Crippen LogP contribution in [0.25, 0.3) is 0 Å². The topological polar surface area (TPSA) is 19.7 Å². The maximum atomic E-state index is 12.9. The highest BCUT2D eigenvalue weighted by Crippen LogP contribution is 2.30. The molecule has 2 aromatic rings. The van der Waals surface area contributed by atoms with E-state index >= 15 is 0 Å². The average molecular weight is 389 g/mol. The van der Waals surface area contributed by atoms with Crippen LogP contribution in [0, 0.1) is 0 Å². The van der Waals surface area contributed by atoms with E-state index in [1.165, 1.54) is 11.0 Å². The predicted molar refractivity (Wildman–Crippen MR) is 100 cm³/mol. The van der Waals surface area contributed by atoms with Crippen molar-refractivity contribution in [3.05, 3.63) is 52.2 Å². The minimum absolute atomic E-state index is 0.341. The fourth-order valence-corrected chi connectivity index (χ4v) is 3.17. The molecular weight excluding hydrogens is 367 g/mol. The number of hydrogen-bond donors (Lipinski definition) is 2. The molecule has 0 aliphatic rings. The van der Waals surface area contributed by atoms with Crippen LogP contribution in [-0.2, 0) is 12.7 Å². The van der Waals surface area contributed by atoms with Crippen molar-refractivity contribution in [3.63, 3.8) is 0 Å². The van der Waals surface area contributed by atoms with Crippen LogP contribution in [0.2, 0.25) is 0 Å². The molecule has 0 radical (unpaired) electrons. The molecule has 2 N–H and O–H groups in total. The highest BCUT2D eigenvalue weighted by Gasteiger charge is 2.30. The van der Waals surface area contributed by atoms with Gasteiger partial charge in [0.25, 0.3) is 0 Å². The van der Waals surface area contributed by atoms with Gasteiger partial charge in [-0.3, -0.25) is 0 Å². The lowest BCUT2D eigenvalue weighted by atomic mass is 10.2. The van der Waals surface area contributed by atoms with E-state index in [1.54, 1.807) is 17.4 Å². The van der Waals surface area contributed by atoms with Crippen molar-refractivity contribution in [1.82, 2.24) is 4.90 Å². The number of hydrogen-bond acceptors (Lipinski definition) is 2. The summed E-state index contributed by atoms with van der Waals surface area (Å²) in [6, 6.07) is 9.08. The van der Waals surface area contributed by atoms with Gasteiger partial charge < -0.3 is 15.1 Å². The van der Waals surface area contributed by atoms with E-state index in [4.69, 9.17) is 12.2 Å². The quantitative estimate of drug-likeness (QED) is 0.742. The summed E-state index contributed by atoms with van der Waals surface area (Å²) in [5, 5.41) is 5.36. The summed E-state index contributed by atoms with van der Waals surface area (Å²) in [5.41, 5.74) is -0.351. The standard InChI is InChI=1S/C17H20F3N3S2/c1-22(2)8-9-23(12-15-7-4-10-25-15)16(24)21-14-6-3-5-13(11-14)17(18,19)20/h3-7,10-11H,8-9,12H2,1-2H3,(H,21,24)/p+1. The van der Waals surface area contributed by atoms with Crippen LogP contribution in [0.5, 0.6) is 0 Å². The van der Waals surface area contributed by atoms with Crippen molar-refractivity contribution in [1.29, 1.82) is 0 Å². The number of anilines is 1. The fourth-order valence-electron chi connectivity index (χ4n) is 2.18. The zero-order valence-corrected chi connectivity index (χ0v) is 15.7. The van der Waals surface area contributed by atoms with Gasteiger partial charge in [-0.25, -0.2) is 0 Å². The second-order valence-electron chi connectivity index (χ2n) is 5.97. The Morgan fingerprint density at radius 1 is 1.24 bits per heavy atom. The van der Waals surface area contributed by atoms with Crippen LogP contribution < -0.4 is 10.2 Å². The summed E-state index contributed by atoms with van der Waals surface area (Å²) in [6.45, 7) is 2.22. The van der Waals surface area contributed by atoms with E-state index in [-0.39, 0.29) is 0 Å². The third-order valence-electron chi connectivity index (χ3n) is 3.54. The first-order valence-electron chi connectivity index (χ1n) is 7.80. The number of likely N-dealkylation sites (N-methyl/N-ethyl adjacent to an activating group) is 1. The molecule has 1 heterocycles.